The molecule has 0 aliphatic heterocycles. The second-order valence-corrected chi connectivity index (χ2v) is 5.57. The molecule has 1 N–H and O–H groups in total. The summed E-state index contributed by atoms with van der Waals surface area (Å²) >= 11 is 0. The van der Waals surface area contributed by atoms with E-state index >= 15 is 0 Å². The van der Waals surface area contributed by atoms with Gasteiger partial charge < -0.3 is 5.11 Å². The van der Waals surface area contributed by atoms with Gasteiger partial charge in [-0.05, 0) is 45.1 Å². The fourth-order valence-corrected chi connectivity index (χ4v) is 2.91. The molecule has 19 heavy (non-hydrogen) atoms. The number of carboxylic acid groups (broad SMARTS) is 1. The summed E-state index contributed by atoms with van der Waals surface area (Å²) in [4.78, 5) is 23.4. The monoisotopic (exact) mass is 260 g/mol. The van der Waals surface area contributed by atoms with Crippen LogP contribution >= 0.6 is 0 Å². The smallest absolute Gasteiger partial charge is 0.306 e. The van der Waals surface area contributed by atoms with Crippen molar-refractivity contribution in [2.24, 2.45) is 11.8 Å². The number of ketones is 1. The molecule has 0 atom stereocenters. The first kappa shape index (κ1) is 13.8. The zero-order valence-electron chi connectivity index (χ0n) is 11.5. The summed E-state index contributed by atoms with van der Waals surface area (Å²) in [7, 11) is 0. The van der Waals surface area contributed by atoms with E-state index in [1.807, 2.05) is 32.0 Å². The lowest BCUT2D eigenvalue weighted by Crippen LogP contribution is -2.26. The summed E-state index contributed by atoms with van der Waals surface area (Å²) in [6.45, 7) is 3.97. The number of carbonyl (C=O) groups excluding carboxylic acids is 1. The van der Waals surface area contributed by atoms with Crippen LogP contribution in [0.25, 0.3) is 0 Å². The highest BCUT2D eigenvalue weighted by Crippen LogP contribution is 2.31. The van der Waals surface area contributed by atoms with Gasteiger partial charge in [0, 0.05) is 11.5 Å². The van der Waals surface area contributed by atoms with E-state index in [4.69, 9.17) is 5.11 Å². The molecular formula is C16H20O3. The van der Waals surface area contributed by atoms with Crippen LogP contribution in [0, 0.1) is 25.7 Å². The molecule has 3 heteroatoms. The van der Waals surface area contributed by atoms with E-state index in [9.17, 15) is 9.59 Å². The van der Waals surface area contributed by atoms with Crippen LogP contribution in [0.5, 0.6) is 0 Å². The van der Waals surface area contributed by atoms with Crippen LogP contribution in [-0.4, -0.2) is 16.9 Å². The molecule has 102 valence electrons. The van der Waals surface area contributed by atoms with Crippen molar-refractivity contribution in [2.45, 2.75) is 39.5 Å². The van der Waals surface area contributed by atoms with Gasteiger partial charge in [0.15, 0.2) is 5.78 Å². The average Bonchev–Trinajstić information content (AvgIpc) is 2.38. The molecule has 0 spiro atoms. The Balaban J connectivity index is 2.07. The molecule has 0 amide bonds. The zero-order valence-corrected chi connectivity index (χ0v) is 11.5. The summed E-state index contributed by atoms with van der Waals surface area (Å²) < 4.78 is 0. The number of carbonyl (C=O) groups is 2. The topological polar surface area (TPSA) is 54.4 Å². The van der Waals surface area contributed by atoms with E-state index in [0.29, 0.717) is 25.7 Å². The Morgan fingerprint density at radius 1 is 1.05 bits per heavy atom. The van der Waals surface area contributed by atoms with Crippen molar-refractivity contribution in [3.63, 3.8) is 0 Å². The van der Waals surface area contributed by atoms with Crippen molar-refractivity contribution in [1.29, 1.82) is 0 Å². The van der Waals surface area contributed by atoms with Gasteiger partial charge >= 0.3 is 5.97 Å². The summed E-state index contributed by atoms with van der Waals surface area (Å²) in [5.41, 5.74) is 2.97. The molecule has 1 aromatic rings. The SMILES string of the molecule is Cc1ccc(C(=O)C2CCC(C(=O)O)CC2)c(C)c1. The molecule has 1 aromatic carbocycles. The fraction of sp³-hybridized carbons (Fsp3) is 0.500. The van der Waals surface area contributed by atoms with Crippen LogP contribution in [-0.2, 0) is 4.79 Å². The number of aryl methyl sites for hydroxylation is 2. The van der Waals surface area contributed by atoms with Crippen molar-refractivity contribution in [2.75, 3.05) is 0 Å². The van der Waals surface area contributed by atoms with Gasteiger partial charge in [-0.3, -0.25) is 9.59 Å². The summed E-state index contributed by atoms with van der Waals surface area (Å²) in [6.07, 6.45) is 2.64. The van der Waals surface area contributed by atoms with Gasteiger partial charge in [0.25, 0.3) is 0 Å². The van der Waals surface area contributed by atoms with E-state index < -0.39 is 5.97 Å². The van der Waals surface area contributed by atoms with Crippen LogP contribution in [0.3, 0.4) is 0 Å². The molecule has 0 aromatic heterocycles. The Bertz CT molecular complexity index is 497. The maximum Gasteiger partial charge on any atom is 0.306 e. The fourth-order valence-electron chi connectivity index (χ4n) is 2.91. The second kappa shape index (κ2) is 5.55. The van der Waals surface area contributed by atoms with Gasteiger partial charge in [-0.15, -0.1) is 0 Å². The maximum absolute atomic E-state index is 12.5. The van der Waals surface area contributed by atoms with Crippen LogP contribution in [0.1, 0.15) is 47.2 Å². The van der Waals surface area contributed by atoms with Gasteiger partial charge in [-0.2, -0.15) is 0 Å². The van der Waals surface area contributed by atoms with Crippen molar-refractivity contribution < 1.29 is 14.7 Å². The summed E-state index contributed by atoms with van der Waals surface area (Å²) in [5.74, 6) is -0.807. The molecule has 3 nitrogen and oxygen atoms in total. The average molecular weight is 260 g/mol. The highest BCUT2D eigenvalue weighted by atomic mass is 16.4. The number of benzene rings is 1. The van der Waals surface area contributed by atoms with Crippen LogP contribution in [0.4, 0.5) is 0 Å². The molecule has 0 unspecified atom stereocenters. The van der Waals surface area contributed by atoms with E-state index in [-0.39, 0.29) is 17.6 Å². The molecule has 1 saturated carbocycles. The highest BCUT2D eigenvalue weighted by Gasteiger charge is 2.30. The molecule has 1 fully saturated rings. The highest BCUT2D eigenvalue weighted by molar-refractivity contribution is 5.99. The van der Waals surface area contributed by atoms with Gasteiger partial charge in [0.2, 0.25) is 0 Å². The first-order valence-corrected chi connectivity index (χ1v) is 6.83. The molecule has 0 saturated heterocycles. The molecule has 0 heterocycles. The Morgan fingerprint density at radius 2 is 1.63 bits per heavy atom. The third-order valence-corrected chi connectivity index (χ3v) is 4.09. The van der Waals surface area contributed by atoms with Crippen molar-refractivity contribution in [3.8, 4) is 0 Å². The normalized spacial score (nSPS) is 23.1. The first-order chi connectivity index (χ1) is 8.99. The largest absolute Gasteiger partial charge is 0.481 e. The van der Waals surface area contributed by atoms with Gasteiger partial charge in [-0.1, -0.05) is 23.8 Å². The lowest BCUT2D eigenvalue weighted by molar-refractivity contribution is -0.143. The molecule has 1 aliphatic carbocycles. The van der Waals surface area contributed by atoms with Crippen molar-refractivity contribution in [1.82, 2.24) is 0 Å². The number of rotatable bonds is 3. The third kappa shape index (κ3) is 3.03. The summed E-state index contributed by atoms with van der Waals surface area (Å²) in [6, 6.07) is 5.88. The van der Waals surface area contributed by atoms with Gasteiger partial charge in [0.1, 0.15) is 0 Å². The van der Waals surface area contributed by atoms with Gasteiger partial charge in [-0.25, -0.2) is 0 Å². The molecular weight excluding hydrogens is 240 g/mol. The standard InChI is InChI=1S/C16H20O3/c1-10-3-8-14(11(2)9-10)15(17)12-4-6-13(7-5-12)16(18)19/h3,8-9,12-13H,4-7H2,1-2H3,(H,18,19). The van der Waals surface area contributed by atoms with Crippen LogP contribution in [0.15, 0.2) is 18.2 Å². The number of carboxylic acids is 1. The molecule has 0 bridgehead atoms. The van der Waals surface area contributed by atoms with Crippen molar-refractivity contribution in [3.05, 3.63) is 34.9 Å². The third-order valence-electron chi connectivity index (χ3n) is 4.09. The van der Waals surface area contributed by atoms with E-state index in [2.05, 4.69) is 0 Å². The van der Waals surface area contributed by atoms with Gasteiger partial charge in [0.05, 0.1) is 5.92 Å². The van der Waals surface area contributed by atoms with E-state index in [1.54, 1.807) is 0 Å². The molecule has 2 rings (SSSR count). The number of hydrogen-bond acceptors (Lipinski definition) is 2. The minimum Gasteiger partial charge on any atom is -0.481 e. The summed E-state index contributed by atoms with van der Waals surface area (Å²) in [5, 5.41) is 8.97. The minimum atomic E-state index is -0.725. The number of aliphatic carboxylic acids is 1. The zero-order chi connectivity index (χ0) is 14.0. The molecule has 1 aliphatic rings. The van der Waals surface area contributed by atoms with E-state index in [0.717, 1.165) is 16.7 Å². The minimum absolute atomic E-state index is 0.00277. The predicted octanol–water partition coefficient (Wildman–Crippen LogP) is 3.38. The Morgan fingerprint density at radius 3 is 2.16 bits per heavy atom. The maximum atomic E-state index is 12.5. The number of Topliss-reactive ketones (excluding diaryl/α,β-unsaturated/α-hetero) is 1. The Hall–Kier alpha value is -1.64. The second-order valence-electron chi connectivity index (χ2n) is 5.57. The van der Waals surface area contributed by atoms with E-state index in [1.165, 1.54) is 0 Å². The Labute approximate surface area is 113 Å². The first-order valence-electron chi connectivity index (χ1n) is 6.83. The number of hydrogen-bond donors (Lipinski definition) is 1. The quantitative estimate of drug-likeness (QED) is 0.848. The van der Waals surface area contributed by atoms with Crippen molar-refractivity contribution >= 4 is 11.8 Å². The lowest BCUT2D eigenvalue weighted by atomic mass is 9.78. The lowest BCUT2D eigenvalue weighted by Gasteiger charge is -2.25. The van der Waals surface area contributed by atoms with Crippen LogP contribution < -0.4 is 0 Å². The molecule has 0 radical (unpaired) electrons. The predicted molar refractivity (Wildman–Crippen MR) is 73.3 cm³/mol. The Kier molecular flexibility index (Phi) is 4.03. The van der Waals surface area contributed by atoms with Crippen LogP contribution in [0.2, 0.25) is 0 Å².